The third-order valence-corrected chi connectivity index (χ3v) is 4.84. The van der Waals surface area contributed by atoms with Gasteiger partial charge in [0.15, 0.2) is 0 Å². The minimum Gasteiger partial charge on any atom is -0.506 e. The quantitative estimate of drug-likeness (QED) is 0.397. The predicted octanol–water partition coefficient (Wildman–Crippen LogP) is 2.28. The Morgan fingerprint density at radius 1 is 0.824 bits per heavy atom. The number of Topliss-reactive ketones (excluding diaryl/α,β-unsaturated/α-hetero) is 2. The summed E-state index contributed by atoms with van der Waals surface area (Å²) in [5, 5.41) is 11.1. The number of benzene rings is 2. The first-order valence-corrected chi connectivity index (χ1v) is 9.69. The molecule has 1 N–H and O–H groups in total. The molecule has 0 fully saturated rings. The Labute approximate surface area is 191 Å². The summed E-state index contributed by atoms with van der Waals surface area (Å²) in [4.78, 5) is 73.2. The fraction of sp³-hybridized carbons (Fsp3) is 0.217. The molecular weight excluding hydrogens is 452 g/mol. The molecule has 1 aliphatic rings. The van der Waals surface area contributed by atoms with Crippen molar-refractivity contribution in [2.24, 2.45) is 0 Å². The van der Waals surface area contributed by atoms with Gasteiger partial charge < -0.3 is 24.1 Å². The highest BCUT2D eigenvalue weighted by Gasteiger charge is 2.40. The molecule has 0 radical (unpaired) electrons. The maximum absolute atomic E-state index is 13.2. The van der Waals surface area contributed by atoms with Crippen LogP contribution in [0.25, 0.3) is 10.8 Å². The zero-order valence-corrected chi connectivity index (χ0v) is 18.7. The normalized spacial score (nSPS) is 12.9. The van der Waals surface area contributed by atoms with Crippen LogP contribution in [0.1, 0.15) is 57.4 Å². The second kappa shape index (κ2) is 8.77. The molecule has 11 nitrogen and oxygen atoms in total. The van der Waals surface area contributed by atoms with Crippen molar-refractivity contribution in [3.63, 3.8) is 0 Å². The number of aryl methyl sites for hydroxylation is 1. The summed E-state index contributed by atoms with van der Waals surface area (Å²) in [5.41, 5.74) is -0.985. The molecule has 11 heteroatoms. The van der Waals surface area contributed by atoms with E-state index in [1.54, 1.807) is 0 Å². The summed E-state index contributed by atoms with van der Waals surface area (Å²) in [6.07, 6.45) is 0. The minimum atomic E-state index is -1.09. The number of methoxy groups -OCH3 is 1. The van der Waals surface area contributed by atoms with E-state index in [0.29, 0.717) is 0 Å². The molecule has 34 heavy (non-hydrogen) atoms. The summed E-state index contributed by atoms with van der Waals surface area (Å²) in [7, 11) is 1.10. The number of phenols is 1. The minimum absolute atomic E-state index is 0.0192. The molecule has 0 saturated carbocycles. The first-order chi connectivity index (χ1) is 15.9. The van der Waals surface area contributed by atoms with Crippen LogP contribution in [0.15, 0.2) is 23.7 Å². The second-order valence-corrected chi connectivity index (χ2v) is 7.21. The number of fused-ring (bicyclic) bond motifs is 2. The van der Waals surface area contributed by atoms with E-state index < -0.39 is 58.3 Å². The molecule has 0 heterocycles. The number of allylic oxidation sites excluding steroid dienone is 2. The smallest absolute Gasteiger partial charge is 0.341 e. The molecule has 1 aliphatic carbocycles. The maximum Gasteiger partial charge on any atom is 0.341 e. The highest BCUT2D eigenvalue weighted by molar-refractivity contribution is 6.29. The third kappa shape index (κ3) is 3.98. The number of carbonyl (C=O) groups is 6. The van der Waals surface area contributed by atoms with Gasteiger partial charge in [-0.3, -0.25) is 24.0 Å². The molecular formula is C23H18O11. The number of carbonyl (C=O) groups excluding carboxylic acids is 6. The number of hydrogen-bond acceptors (Lipinski definition) is 11. The van der Waals surface area contributed by atoms with Gasteiger partial charge in [0.25, 0.3) is 0 Å². The molecule has 0 amide bonds. The lowest BCUT2D eigenvalue weighted by Gasteiger charge is -2.22. The first-order valence-electron chi connectivity index (χ1n) is 9.69. The van der Waals surface area contributed by atoms with Crippen molar-refractivity contribution in [3.05, 3.63) is 45.9 Å². The van der Waals surface area contributed by atoms with Crippen LogP contribution in [0.2, 0.25) is 0 Å². The molecule has 176 valence electrons. The summed E-state index contributed by atoms with van der Waals surface area (Å²) in [5.74, 6) is -8.24. The number of phenolic OH excluding ortho intramolecular Hbond substituents is 1. The Morgan fingerprint density at radius 2 is 1.35 bits per heavy atom. The van der Waals surface area contributed by atoms with Gasteiger partial charge in [0.2, 0.25) is 23.1 Å². The number of aromatic hydroxyl groups is 1. The zero-order chi connectivity index (χ0) is 25.5. The Balaban J connectivity index is 2.41. The maximum atomic E-state index is 13.2. The van der Waals surface area contributed by atoms with Crippen LogP contribution in [0, 0.1) is 6.92 Å². The average Bonchev–Trinajstić information content (AvgIpc) is 2.72. The van der Waals surface area contributed by atoms with Gasteiger partial charge in [-0.05, 0) is 30.0 Å². The van der Waals surface area contributed by atoms with E-state index in [4.69, 9.17) is 18.9 Å². The third-order valence-electron chi connectivity index (χ3n) is 4.84. The second-order valence-electron chi connectivity index (χ2n) is 7.21. The number of ketones is 2. The zero-order valence-electron chi connectivity index (χ0n) is 18.7. The van der Waals surface area contributed by atoms with E-state index in [1.807, 2.05) is 0 Å². The highest BCUT2D eigenvalue weighted by atomic mass is 16.6. The molecule has 3 rings (SSSR count). The van der Waals surface area contributed by atoms with Gasteiger partial charge in [-0.1, -0.05) is 0 Å². The molecule has 0 spiro atoms. The van der Waals surface area contributed by atoms with Gasteiger partial charge in [-0.25, -0.2) is 4.79 Å². The van der Waals surface area contributed by atoms with Crippen molar-refractivity contribution in [2.45, 2.75) is 27.7 Å². The predicted molar refractivity (Wildman–Crippen MR) is 112 cm³/mol. The summed E-state index contributed by atoms with van der Waals surface area (Å²) in [6, 6.07) is 2.41. The van der Waals surface area contributed by atoms with Gasteiger partial charge in [0, 0.05) is 31.7 Å². The lowest BCUT2D eigenvalue weighted by molar-refractivity contribution is -0.140. The lowest BCUT2D eigenvalue weighted by atomic mass is 9.86. The van der Waals surface area contributed by atoms with Crippen LogP contribution >= 0.6 is 0 Å². The van der Waals surface area contributed by atoms with E-state index >= 15 is 0 Å². The average molecular weight is 470 g/mol. The molecule has 0 aromatic heterocycles. The lowest BCUT2D eigenvalue weighted by Crippen LogP contribution is -2.27. The topological polar surface area (TPSA) is 160 Å². The van der Waals surface area contributed by atoms with Crippen molar-refractivity contribution in [1.29, 1.82) is 0 Å². The van der Waals surface area contributed by atoms with Crippen LogP contribution in [-0.2, 0) is 28.6 Å². The Morgan fingerprint density at radius 3 is 1.85 bits per heavy atom. The standard InChI is InChI=1S/C23H18O11/c1-8-15-12(7-14(32-9(2)24)16(8)23(30)31-5)6-13-17(19(15)28)20(29)22(34-11(4)26)21(18(13)27)33-10(3)25/h6-7,28H,1-5H3. The first kappa shape index (κ1) is 24.1. The molecule has 0 bridgehead atoms. The van der Waals surface area contributed by atoms with E-state index in [0.717, 1.165) is 27.9 Å². The number of hydrogen-bond donors (Lipinski definition) is 1. The van der Waals surface area contributed by atoms with E-state index in [2.05, 4.69) is 0 Å². The van der Waals surface area contributed by atoms with Crippen LogP contribution in [0.3, 0.4) is 0 Å². The molecule has 0 unspecified atom stereocenters. The molecule has 2 aromatic carbocycles. The fourth-order valence-corrected chi connectivity index (χ4v) is 3.64. The monoisotopic (exact) mass is 470 g/mol. The van der Waals surface area contributed by atoms with Crippen molar-refractivity contribution >= 4 is 46.2 Å². The molecule has 2 aromatic rings. The van der Waals surface area contributed by atoms with E-state index in [-0.39, 0.29) is 33.2 Å². The Kier molecular flexibility index (Phi) is 6.22. The summed E-state index contributed by atoms with van der Waals surface area (Å²) in [6.45, 7) is 4.47. The molecule has 0 saturated heterocycles. The van der Waals surface area contributed by atoms with Gasteiger partial charge >= 0.3 is 23.9 Å². The van der Waals surface area contributed by atoms with Crippen molar-refractivity contribution in [1.82, 2.24) is 0 Å². The summed E-state index contributed by atoms with van der Waals surface area (Å²) < 4.78 is 19.5. The number of esters is 4. The van der Waals surface area contributed by atoms with Crippen molar-refractivity contribution in [2.75, 3.05) is 7.11 Å². The van der Waals surface area contributed by atoms with Crippen molar-refractivity contribution < 1.29 is 52.8 Å². The van der Waals surface area contributed by atoms with Crippen LogP contribution in [-0.4, -0.2) is 47.7 Å². The van der Waals surface area contributed by atoms with Gasteiger partial charge in [0.05, 0.1) is 12.7 Å². The number of rotatable bonds is 4. The van der Waals surface area contributed by atoms with Crippen LogP contribution in [0.5, 0.6) is 11.5 Å². The Bertz CT molecular complexity index is 1360. The fourth-order valence-electron chi connectivity index (χ4n) is 3.64. The number of ether oxygens (including phenoxy) is 4. The highest BCUT2D eigenvalue weighted by Crippen LogP contribution is 2.43. The summed E-state index contributed by atoms with van der Waals surface area (Å²) >= 11 is 0. The van der Waals surface area contributed by atoms with Crippen LogP contribution in [0.4, 0.5) is 0 Å². The van der Waals surface area contributed by atoms with Crippen molar-refractivity contribution in [3.8, 4) is 11.5 Å². The van der Waals surface area contributed by atoms with Gasteiger partial charge in [-0.15, -0.1) is 0 Å². The SMILES string of the molecule is COC(=O)c1c(OC(C)=O)cc2cc3c(c(O)c2c1C)C(=O)C(OC(C)=O)=C(OC(C)=O)C3=O. The van der Waals surface area contributed by atoms with E-state index in [9.17, 15) is 33.9 Å². The van der Waals surface area contributed by atoms with Gasteiger partial charge in [0.1, 0.15) is 17.1 Å². The van der Waals surface area contributed by atoms with Crippen LogP contribution < -0.4 is 4.74 Å². The van der Waals surface area contributed by atoms with Gasteiger partial charge in [-0.2, -0.15) is 0 Å². The Hall–Kier alpha value is -4.54. The largest absolute Gasteiger partial charge is 0.506 e. The molecule has 0 atom stereocenters. The van der Waals surface area contributed by atoms with E-state index in [1.165, 1.54) is 19.1 Å². The molecule has 0 aliphatic heterocycles.